The molecule has 0 radical (unpaired) electrons. The molecule has 0 aromatic carbocycles. The number of rotatable bonds is 0. The Labute approximate surface area is 60.9 Å². The van der Waals surface area contributed by atoms with Gasteiger partial charge in [0.1, 0.15) is 0 Å². The van der Waals surface area contributed by atoms with Crippen LogP contribution >= 0.6 is 0 Å². The van der Waals surface area contributed by atoms with Crippen LogP contribution in [-0.2, 0) is 0 Å². The van der Waals surface area contributed by atoms with Crippen LogP contribution in [-0.4, -0.2) is 30.0 Å². The van der Waals surface area contributed by atoms with Gasteiger partial charge in [-0.3, -0.25) is 5.41 Å². The molecule has 1 unspecified atom stereocenters. The number of nitrogens with zero attached hydrogens (tertiary/aromatic N) is 1. The molecule has 3 heteroatoms. The molecule has 0 aromatic rings. The highest BCUT2D eigenvalue weighted by molar-refractivity contribution is 5.78. The zero-order chi connectivity index (χ0) is 6.97. The first kappa shape index (κ1) is 6.01. The average molecular weight is 139 g/mol. The molecular weight excluding hydrogens is 126 g/mol. The summed E-state index contributed by atoms with van der Waals surface area (Å²) in [7, 11) is 0. The van der Waals surface area contributed by atoms with Gasteiger partial charge in [-0.05, 0) is 19.3 Å². The highest BCUT2D eigenvalue weighted by Gasteiger charge is 2.29. The Morgan fingerprint density at radius 1 is 1.50 bits per heavy atom. The fourth-order valence-electron chi connectivity index (χ4n) is 1.89. The average Bonchev–Trinajstić information content (AvgIpc) is 2.36. The van der Waals surface area contributed by atoms with Gasteiger partial charge in [-0.15, -0.1) is 0 Å². The molecule has 2 saturated heterocycles. The largest absolute Gasteiger partial charge is 0.356 e. The standard InChI is InChI=1S/C7H13N3/c8-7-9-4-3-6-2-1-5-10(6)7/h6H,1-5H2,(H2,8,9). The van der Waals surface area contributed by atoms with Crippen molar-refractivity contribution in [1.82, 2.24) is 10.2 Å². The lowest BCUT2D eigenvalue weighted by Crippen LogP contribution is -2.49. The molecule has 2 heterocycles. The molecular formula is C7H13N3. The van der Waals surface area contributed by atoms with E-state index in [9.17, 15) is 0 Å². The Hall–Kier alpha value is -0.730. The zero-order valence-corrected chi connectivity index (χ0v) is 6.06. The second kappa shape index (κ2) is 2.15. The van der Waals surface area contributed by atoms with Gasteiger partial charge in [-0.25, -0.2) is 0 Å². The van der Waals surface area contributed by atoms with Crippen LogP contribution in [0.4, 0.5) is 0 Å². The topological polar surface area (TPSA) is 39.1 Å². The minimum Gasteiger partial charge on any atom is -0.356 e. The number of guanidine groups is 1. The minimum absolute atomic E-state index is 0.647. The molecule has 0 amide bonds. The van der Waals surface area contributed by atoms with Crippen molar-refractivity contribution in [1.29, 1.82) is 5.41 Å². The van der Waals surface area contributed by atoms with E-state index in [1.807, 2.05) is 0 Å². The van der Waals surface area contributed by atoms with Gasteiger partial charge < -0.3 is 10.2 Å². The van der Waals surface area contributed by atoms with E-state index in [-0.39, 0.29) is 0 Å². The van der Waals surface area contributed by atoms with Gasteiger partial charge in [0, 0.05) is 19.1 Å². The molecule has 0 aromatic heterocycles. The van der Waals surface area contributed by atoms with Crippen LogP contribution in [0.5, 0.6) is 0 Å². The highest BCUT2D eigenvalue weighted by atomic mass is 15.3. The molecule has 2 N–H and O–H groups in total. The monoisotopic (exact) mass is 139 g/mol. The second-order valence-corrected chi connectivity index (χ2v) is 3.05. The van der Waals surface area contributed by atoms with E-state index >= 15 is 0 Å². The molecule has 0 aliphatic carbocycles. The van der Waals surface area contributed by atoms with Gasteiger partial charge in [0.15, 0.2) is 5.96 Å². The van der Waals surface area contributed by atoms with Gasteiger partial charge in [-0.2, -0.15) is 0 Å². The number of hydrogen-bond donors (Lipinski definition) is 2. The van der Waals surface area contributed by atoms with E-state index in [4.69, 9.17) is 5.41 Å². The Morgan fingerprint density at radius 3 is 3.20 bits per heavy atom. The maximum absolute atomic E-state index is 7.53. The zero-order valence-electron chi connectivity index (χ0n) is 6.06. The van der Waals surface area contributed by atoms with Crippen molar-refractivity contribution in [3.8, 4) is 0 Å². The smallest absolute Gasteiger partial charge is 0.191 e. The lowest BCUT2D eigenvalue weighted by molar-refractivity contribution is 0.324. The van der Waals surface area contributed by atoms with Crippen molar-refractivity contribution in [2.45, 2.75) is 25.3 Å². The first-order valence-corrected chi connectivity index (χ1v) is 3.97. The Morgan fingerprint density at radius 2 is 2.40 bits per heavy atom. The van der Waals surface area contributed by atoms with Crippen LogP contribution in [0, 0.1) is 5.41 Å². The first-order chi connectivity index (χ1) is 4.88. The summed E-state index contributed by atoms with van der Waals surface area (Å²) in [6.45, 7) is 2.09. The van der Waals surface area contributed by atoms with Crippen LogP contribution < -0.4 is 5.32 Å². The molecule has 0 spiro atoms. The third-order valence-corrected chi connectivity index (χ3v) is 2.43. The van der Waals surface area contributed by atoms with Gasteiger partial charge in [0.2, 0.25) is 0 Å². The molecule has 0 saturated carbocycles. The van der Waals surface area contributed by atoms with Gasteiger partial charge in [0.25, 0.3) is 0 Å². The highest BCUT2D eigenvalue weighted by Crippen LogP contribution is 2.21. The van der Waals surface area contributed by atoms with Crippen molar-refractivity contribution in [2.75, 3.05) is 13.1 Å². The molecule has 1 atom stereocenters. The summed E-state index contributed by atoms with van der Waals surface area (Å²) in [5, 5.41) is 10.6. The fourth-order valence-corrected chi connectivity index (χ4v) is 1.89. The summed E-state index contributed by atoms with van der Waals surface area (Å²) in [6, 6.07) is 0.689. The van der Waals surface area contributed by atoms with E-state index < -0.39 is 0 Å². The SMILES string of the molecule is N=C1NCCC2CCCN12. The molecule has 56 valence electrons. The van der Waals surface area contributed by atoms with Gasteiger partial charge in [-0.1, -0.05) is 0 Å². The Balaban J connectivity index is 2.10. The molecule has 10 heavy (non-hydrogen) atoms. The second-order valence-electron chi connectivity index (χ2n) is 3.05. The molecule has 2 aliphatic heterocycles. The summed E-state index contributed by atoms with van der Waals surface area (Å²) < 4.78 is 0. The summed E-state index contributed by atoms with van der Waals surface area (Å²) in [5.74, 6) is 0.647. The van der Waals surface area contributed by atoms with Crippen LogP contribution in [0.1, 0.15) is 19.3 Å². The van der Waals surface area contributed by atoms with E-state index in [1.165, 1.54) is 19.3 Å². The molecule has 2 rings (SSSR count). The first-order valence-electron chi connectivity index (χ1n) is 3.97. The van der Waals surface area contributed by atoms with Crippen molar-refractivity contribution in [3.63, 3.8) is 0 Å². The van der Waals surface area contributed by atoms with Crippen LogP contribution in [0.2, 0.25) is 0 Å². The van der Waals surface area contributed by atoms with E-state index in [2.05, 4.69) is 10.2 Å². The summed E-state index contributed by atoms with van der Waals surface area (Å²) in [5.41, 5.74) is 0. The van der Waals surface area contributed by atoms with Crippen molar-refractivity contribution >= 4 is 5.96 Å². The van der Waals surface area contributed by atoms with E-state index in [0.717, 1.165) is 13.1 Å². The number of hydrogen-bond acceptors (Lipinski definition) is 1. The van der Waals surface area contributed by atoms with Crippen LogP contribution in [0.25, 0.3) is 0 Å². The molecule has 0 bridgehead atoms. The number of nitrogens with one attached hydrogen (secondary N) is 2. The third-order valence-electron chi connectivity index (χ3n) is 2.43. The molecule has 2 fully saturated rings. The predicted octanol–water partition coefficient (Wildman–Crippen LogP) is 0.379. The van der Waals surface area contributed by atoms with Crippen molar-refractivity contribution in [3.05, 3.63) is 0 Å². The predicted molar refractivity (Wildman–Crippen MR) is 40.1 cm³/mol. The summed E-state index contributed by atoms with van der Waals surface area (Å²) in [4.78, 5) is 2.18. The normalized spacial score (nSPS) is 31.8. The minimum atomic E-state index is 0.647. The molecule has 3 nitrogen and oxygen atoms in total. The summed E-state index contributed by atoms with van der Waals surface area (Å²) in [6.07, 6.45) is 3.79. The third kappa shape index (κ3) is 0.770. The summed E-state index contributed by atoms with van der Waals surface area (Å²) >= 11 is 0. The van der Waals surface area contributed by atoms with E-state index in [0.29, 0.717) is 12.0 Å². The fraction of sp³-hybridized carbons (Fsp3) is 0.857. The quantitative estimate of drug-likeness (QED) is 0.509. The van der Waals surface area contributed by atoms with Crippen molar-refractivity contribution < 1.29 is 0 Å². The number of fused-ring (bicyclic) bond motifs is 1. The lowest BCUT2D eigenvalue weighted by atomic mass is 10.1. The van der Waals surface area contributed by atoms with Crippen molar-refractivity contribution in [2.24, 2.45) is 0 Å². The van der Waals surface area contributed by atoms with Crippen LogP contribution in [0.15, 0.2) is 0 Å². The Kier molecular flexibility index (Phi) is 1.29. The maximum atomic E-state index is 7.53. The van der Waals surface area contributed by atoms with Gasteiger partial charge >= 0.3 is 0 Å². The van der Waals surface area contributed by atoms with E-state index in [1.54, 1.807) is 0 Å². The lowest BCUT2D eigenvalue weighted by Gasteiger charge is -2.32. The Bertz CT molecular complexity index is 155. The maximum Gasteiger partial charge on any atom is 0.191 e. The van der Waals surface area contributed by atoms with Gasteiger partial charge in [0.05, 0.1) is 0 Å². The molecule has 2 aliphatic rings. The van der Waals surface area contributed by atoms with Crippen LogP contribution in [0.3, 0.4) is 0 Å².